The van der Waals surface area contributed by atoms with Gasteiger partial charge < -0.3 is 58.4 Å². The Labute approximate surface area is 372 Å². The zero-order valence-corrected chi connectivity index (χ0v) is 37.2. The number of nitrogens with one attached hydrogen (secondary N) is 7. The first-order chi connectivity index (χ1) is 30.4. The number of unbranched alkanes of at least 4 members (excludes halogenated alkanes) is 1. The van der Waals surface area contributed by atoms with Crippen molar-refractivity contribution in [3.05, 3.63) is 54.1 Å². The van der Waals surface area contributed by atoms with Gasteiger partial charge in [-0.05, 0) is 56.0 Å². The van der Waals surface area contributed by atoms with Crippen LogP contribution in [-0.2, 0) is 56.0 Å². The van der Waals surface area contributed by atoms with E-state index in [9.17, 15) is 48.3 Å². The number of nitrogens with two attached hydrogens (primary N) is 2. The molecule has 64 heavy (non-hydrogen) atoms. The van der Waals surface area contributed by atoms with Gasteiger partial charge in [0.25, 0.3) is 0 Å². The highest BCUT2D eigenvalue weighted by molar-refractivity contribution is 5.98. The fourth-order valence-electron chi connectivity index (χ4n) is 7.32. The van der Waals surface area contributed by atoms with Gasteiger partial charge in [0, 0.05) is 38.2 Å². The fraction of sp³-hybridized carbons (Fsp3) is 0.581. The first-order valence-corrected chi connectivity index (χ1v) is 21.7. The van der Waals surface area contributed by atoms with Crippen molar-refractivity contribution in [3.8, 4) is 0 Å². The van der Waals surface area contributed by atoms with E-state index in [0.29, 0.717) is 36.9 Å². The predicted molar refractivity (Wildman–Crippen MR) is 233 cm³/mol. The zero-order valence-electron chi connectivity index (χ0n) is 37.2. The van der Waals surface area contributed by atoms with Gasteiger partial charge in [0.05, 0.1) is 12.7 Å². The van der Waals surface area contributed by atoms with E-state index in [1.54, 1.807) is 58.0 Å². The summed E-state index contributed by atoms with van der Waals surface area (Å²) < 4.78 is 0. The monoisotopic (exact) mass is 895 g/mol. The van der Waals surface area contributed by atoms with E-state index < -0.39 is 108 Å². The summed E-state index contributed by atoms with van der Waals surface area (Å²) in [7, 11) is 0. The van der Waals surface area contributed by atoms with Crippen molar-refractivity contribution in [1.82, 2.24) is 46.8 Å². The van der Waals surface area contributed by atoms with E-state index in [1.165, 1.54) is 24.3 Å². The molecule has 8 atom stereocenters. The summed E-state index contributed by atoms with van der Waals surface area (Å²) in [6.45, 7) is 8.56. The quantitative estimate of drug-likeness (QED) is 0.0504. The second-order valence-corrected chi connectivity index (χ2v) is 16.5. The summed E-state index contributed by atoms with van der Waals surface area (Å²) in [6.07, 6.45) is 4.12. The molecule has 21 heteroatoms. The molecule has 8 amide bonds. The Kier molecular flexibility index (Phi) is 20.8. The van der Waals surface area contributed by atoms with E-state index in [0.717, 1.165) is 0 Å². The van der Waals surface area contributed by atoms with Crippen LogP contribution < -0.4 is 43.4 Å². The van der Waals surface area contributed by atoms with E-state index >= 15 is 0 Å². The van der Waals surface area contributed by atoms with Gasteiger partial charge in [-0.15, -0.1) is 0 Å². The maximum atomic E-state index is 14.3. The summed E-state index contributed by atoms with van der Waals surface area (Å²) in [5.41, 5.74) is 12.3. The van der Waals surface area contributed by atoms with Gasteiger partial charge in [-0.1, -0.05) is 64.4 Å². The van der Waals surface area contributed by atoms with Gasteiger partial charge in [-0.2, -0.15) is 0 Å². The van der Waals surface area contributed by atoms with Crippen LogP contribution in [0.15, 0.2) is 42.9 Å². The van der Waals surface area contributed by atoms with Crippen molar-refractivity contribution in [1.29, 1.82) is 0 Å². The Morgan fingerprint density at radius 3 is 2.03 bits per heavy atom. The number of H-pyrrole nitrogens is 1. The van der Waals surface area contributed by atoms with Gasteiger partial charge in [0.1, 0.15) is 42.3 Å². The third-order valence-corrected chi connectivity index (χ3v) is 11.1. The zero-order chi connectivity index (χ0) is 47.5. The minimum Gasteiger partial charge on any atom is -0.480 e. The van der Waals surface area contributed by atoms with Crippen LogP contribution in [0, 0.1) is 11.8 Å². The number of imidazole rings is 1. The Morgan fingerprint density at radius 1 is 0.812 bits per heavy atom. The lowest BCUT2D eigenvalue weighted by atomic mass is 9.98. The van der Waals surface area contributed by atoms with Gasteiger partial charge in [0.15, 0.2) is 0 Å². The molecule has 0 radical (unpaired) electrons. The molecule has 0 unspecified atom stereocenters. The molecule has 0 aliphatic carbocycles. The number of aromatic amines is 1. The molecule has 352 valence electrons. The van der Waals surface area contributed by atoms with E-state index in [4.69, 9.17) is 11.5 Å². The number of benzene rings is 1. The summed E-state index contributed by atoms with van der Waals surface area (Å²) in [5.74, 6) is -7.95. The maximum absolute atomic E-state index is 14.3. The van der Waals surface area contributed by atoms with Gasteiger partial charge >= 0.3 is 5.97 Å². The number of carbonyl (C=O) groups excluding carboxylic acids is 8. The lowest BCUT2D eigenvalue weighted by molar-refractivity contribution is -0.144. The third kappa shape index (κ3) is 16.1. The molecule has 0 bridgehead atoms. The van der Waals surface area contributed by atoms with Crippen molar-refractivity contribution >= 4 is 53.2 Å². The van der Waals surface area contributed by atoms with Crippen molar-refractivity contribution in [2.75, 3.05) is 13.1 Å². The summed E-state index contributed by atoms with van der Waals surface area (Å²) in [5, 5.41) is 25.4. The highest BCUT2D eigenvalue weighted by atomic mass is 16.4. The minimum absolute atomic E-state index is 0.00704. The average Bonchev–Trinajstić information content (AvgIpc) is 3.96. The van der Waals surface area contributed by atoms with Crippen molar-refractivity contribution < 1.29 is 48.3 Å². The van der Waals surface area contributed by atoms with E-state index in [-0.39, 0.29) is 44.7 Å². The average molecular weight is 896 g/mol. The lowest BCUT2D eigenvalue weighted by Gasteiger charge is -2.31. The number of carboxylic acid groups (broad SMARTS) is 1. The molecule has 2 heterocycles. The molecule has 1 aliphatic heterocycles. The number of likely N-dealkylation sites (tertiary alicyclic amines) is 1. The normalized spacial score (nSPS) is 16.8. The number of aromatic nitrogens is 2. The number of primary amides is 1. The van der Waals surface area contributed by atoms with Crippen LogP contribution in [0.3, 0.4) is 0 Å². The lowest BCUT2D eigenvalue weighted by Crippen LogP contribution is -2.60. The van der Waals surface area contributed by atoms with Gasteiger partial charge in [0.2, 0.25) is 47.3 Å². The number of rotatable bonds is 26. The molecule has 1 aromatic carbocycles. The maximum Gasteiger partial charge on any atom is 0.326 e. The molecule has 3 rings (SSSR count). The molecule has 1 saturated heterocycles. The minimum atomic E-state index is -1.58. The highest BCUT2D eigenvalue weighted by Crippen LogP contribution is 2.21. The number of carboxylic acids is 1. The van der Waals surface area contributed by atoms with Crippen LogP contribution in [-0.4, -0.2) is 129 Å². The molecule has 1 aliphatic rings. The van der Waals surface area contributed by atoms with Gasteiger partial charge in [-0.3, -0.25) is 38.4 Å². The van der Waals surface area contributed by atoms with E-state index in [2.05, 4.69) is 41.9 Å². The number of hydrogen-bond donors (Lipinski definition) is 10. The molecule has 21 nitrogen and oxygen atoms in total. The number of amides is 8. The molecular formula is C43H65N11O10. The summed E-state index contributed by atoms with van der Waals surface area (Å²) in [6, 6.07) is 0.0620. The number of nitrogens with zero attached hydrogens (tertiary/aromatic N) is 2. The first-order valence-electron chi connectivity index (χ1n) is 21.7. The molecule has 0 spiro atoms. The Morgan fingerprint density at radius 2 is 1.45 bits per heavy atom. The number of carbonyl (C=O) groups is 9. The van der Waals surface area contributed by atoms with Crippen molar-refractivity contribution in [2.45, 2.75) is 135 Å². The topological polar surface area (TPSA) is 330 Å². The van der Waals surface area contributed by atoms with Crippen molar-refractivity contribution in [2.24, 2.45) is 23.3 Å². The fourth-order valence-corrected chi connectivity index (χ4v) is 7.32. The smallest absolute Gasteiger partial charge is 0.326 e. The SMILES string of the molecule is CC[C@H](C)[C@H](NC(=O)[C@H](CC(N)=O)NC(=O)[C@H](CCCCN)NC(=O)[C@H](Cc1ccccc1)NC(=O)[C@@H]1CCCN1C(=O)[C@H](Cc1cnc[nH]1)NC(=O)[C@@H](NC(C)=O)C(C)C)C(=O)O. The Hall–Kier alpha value is -6.38. The van der Waals surface area contributed by atoms with Crippen LogP contribution in [0.2, 0.25) is 0 Å². The van der Waals surface area contributed by atoms with Gasteiger partial charge in [-0.25, -0.2) is 9.78 Å². The van der Waals surface area contributed by atoms with E-state index in [1.807, 2.05) is 0 Å². The molecule has 1 fully saturated rings. The highest BCUT2D eigenvalue weighted by Gasteiger charge is 2.40. The second-order valence-electron chi connectivity index (χ2n) is 16.5. The molecule has 2 aromatic rings. The van der Waals surface area contributed by atoms with Crippen LogP contribution >= 0.6 is 0 Å². The van der Waals surface area contributed by atoms with Crippen LogP contribution in [0.1, 0.15) is 90.8 Å². The number of aliphatic carboxylic acids is 1. The Balaban J connectivity index is 1.90. The Bertz CT molecular complexity index is 1910. The summed E-state index contributed by atoms with van der Waals surface area (Å²) >= 11 is 0. The molecule has 1 aromatic heterocycles. The predicted octanol–water partition coefficient (Wildman–Crippen LogP) is -1.09. The van der Waals surface area contributed by atoms with Crippen LogP contribution in [0.5, 0.6) is 0 Å². The molecule has 12 N–H and O–H groups in total. The summed E-state index contributed by atoms with van der Waals surface area (Å²) in [4.78, 5) is 128. The first kappa shape index (κ1) is 52.0. The largest absolute Gasteiger partial charge is 0.480 e. The standard InChI is InChI=1S/C43H65N11O10/c1-6-25(4)36(43(63)64)53-39(59)31(21-34(45)56)50-37(57)29(15-10-11-17-44)49-38(58)30(19-27-13-8-7-9-14-27)51-40(60)33-16-12-18-54(33)42(62)32(20-28-22-46-23-47-28)52-41(61)35(24(2)3)48-26(5)55/h7-9,13-14,22-25,29-33,35-36H,6,10-12,15-21,44H2,1-5H3,(H2,45,56)(H,46,47)(H,48,55)(H,49,58)(H,50,57)(H,51,60)(H,52,61)(H,53,59)(H,63,64)/t25-,29-,30-,31-,32-,33-,35-,36-/m0/s1. The number of hydrogen-bond acceptors (Lipinski definition) is 11. The van der Waals surface area contributed by atoms with Crippen molar-refractivity contribution in [3.63, 3.8) is 0 Å². The third-order valence-electron chi connectivity index (χ3n) is 11.1. The molecule has 0 saturated carbocycles. The van der Waals surface area contributed by atoms with Crippen LogP contribution in [0.25, 0.3) is 0 Å². The molecular weight excluding hydrogens is 831 g/mol. The second kappa shape index (κ2) is 25.7. The van der Waals surface area contributed by atoms with Crippen LogP contribution in [0.4, 0.5) is 0 Å².